The zero-order chi connectivity index (χ0) is 24.1. The molecule has 10 heteroatoms. The lowest BCUT2D eigenvalue weighted by Crippen LogP contribution is -2.45. The first-order chi connectivity index (χ1) is 16.4. The Bertz CT molecular complexity index is 1050. The third-order valence-electron chi connectivity index (χ3n) is 5.98. The van der Waals surface area contributed by atoms with E-state index in [1.165, 1.54) is 12.1 Å². The standard InChI is InChI=1S/C24H26Cl2FN3O4/c25-15-3-8-22-21(9-15)28-11-18(34-22)12-29-24(32)14-1-4-16(5-2-14)30-23(31)13-33-17-6-7-19(26)20(27)10-17/h3,6-10,14,16,18,28H,1-2,4-5,11-13H2,(H,29,32)(H,30,31)/t14-,16-,18?. The maximum Gasteiger partial charge on any atom is 0.258 e. The summed E-state index contributed by atoms with van der Waals surface area (Å²) >= 11 is 11.6. The Morgan fingerprint density at radius 2 is 1.91 bits per heavy atom. The summed E-state index contributed by atoms with van der Waals surface area (Å²) in [6.07, 6.45) is 2.61. The van der Waals surface area contributed by atoms with E-state index in [0.29, 0.717) is 43.8 Å². The van der Waals surface area contributed by atoms with Crippen LogP contribution in [0.25, 0.3) is 0 Å². The van der Waals surface area contributed by atoms with Gasteiger partial charge in [0.05, 0.1) is 23.8 Å². The topological polar surface area (TPSA) is 88.7 Å². The number of hydrogen-bond acceptors (Lipinski definition) is 5. The number of rotatable bonds is 7. The van der Waals surface area contributed by atoms with Crippen LogP contribution in [0.15, 0.2) is 36.4 Å². The van der Waals surface area contributed by atoms with E-state index in [2.05, 4.69) is 16.0 Å². The Hall–Kier alpha value is -2.71. The van der Waals surface area contributed by atoms with Crippen molar-refractivity contribution in [3.63, 3.8) is 0 Å². The van der Waals surface area contributed by atoms with E-state index in [1.807, 2.05) is 12.1 Å². The van der Waals surface area contributed by atoms with Crippen LogP contribution in [-0.4, -0.2) is 43.7 Å². The van der Waals surface area contributed by atoms with Crippen molar-refractivity contribution in [2.75, 3.05) is 25.0 Å². The van der Waals surface area contributed by atoms with Gasteiger partial charge in [0.15, 0.2) is 6.61 Å². The number of nitrogens with one attached hydrogen (secondary N) is 3. The molecule has 4 rings (SSSR count). The van der Waals surface area contributed by atoms with Crippen LogP contribution < -0.4 is 25.4 Å². The highest BCUT2D eigenvalue weighted by Gasteiger charge is 2.28. The van der Waals surface area contributed by atoms with Crippen LogP contribution in [0.1, 0.15) is 25.7 Å². The summed E-state index contributed by atoms with van der Waals surface area (Å²) < 4.78 is 24.7. The van der Waals surface area contributed by atoms with E-state index in [0.717, 1.165) is 17.5 Å². The minimum absolute atomic E-state index is 0.00313. The zero-order valence-electron chi connectivity index (χ0n) is 18.4. The SMILES string of the molecule is O=C(COc1ccc(Cl)c(F)c1)N[C@H]1CC[C@H](C(=O)NCC2CNc3cc(Cl)ccc3O2)CC1. The highest BCUT2D eigenvalue weighted by atomic mass is 35.5. The first-order valence-electron chi connectivity index (χ1n) is 11.2. The predicted octanol–water partition coefficient (Wildman–Crippen LogP) is 4.18. The monoisotopic (exact) mass is 509 g/mol. The van der Waals surface area contributed by atoms with Crippen molar-refractivity contribution in [2.45, 2.75) is 37.8 Å². The Balaban J connectivity index is 1.14. The third kappa shape index (κ3) is 6.45. The molecule has 7 nitrogen and oxygen atoms in total. The molecule has 3 N–H and O–H groups in total. The van der Waals surface area contributed by atoms with Gasteiger partial charge in [-0.05, 0) is 56.0 Å². The molecule has 0 aromatic heterocycles. The van der Waals surface area contributed by atoms with E-state index >= 15 is 0 Å². The molecule has 1 aliphatic carbocycles. The summed E-state index contributed by atoms with van der Waals surface area (Å²) in [5.41, 5.74) is 0.848. The molecule has 2 aromatic carbocycles. The van der Waals surface area contributed by atoms with Gasteiger partial charge in [-0.25, -0.2) is 4.39 Å². The average Bonchev–Trinajstić information content (AvgIpc) is 2.83. The molecule has 0 radical (unpaired) electrons. The van der Waals surface area contributed by atoms with Crippen LogP contribution in [0.4, 0.5) is 10.1 Å². The fraction of sp³-hybridized carbons (Fsp3) is 0.417. The van der Waals surface area contributed by atoms with E-state index in [9.17, 15) is 14.0 Å². The minimum atomic E-state index is -0.600. The maximum atomic E-state index is 13.5. The highest BCUT2D eigenvalue weighted by Crippen LogP contribution is 2.31. The molecule has 0 saturated heterocycles. The fourth-order valence-corrected chi connectivity index (χ4v) is 4.44. The van der Waals surface area contributed by atoms with E-state index in [1.54, 1.807) is 6.07 Å². The Morgan fingerprint density at radius 3 is 2.68 bits per heavy atom. The second kappa shape index (κ2) is 11.1. The number of carbonyl (C=O) groups excluding carboxylic acids is 2. The lowest BCUT2D eigenvalue weighted by atomic mass is 9.85. The zero-order valence-corrected chi connectivity index (χ0v) is 19.9. The van der Waals surface area contributed by atoms with Gasteiger partial charge in [0, 0.05) is 23.0 Å². The number of ether oxygens (including phenoxy) is 2. The van der Waals surface area contributed by atoms with Crippen LogP contribution in [0.2, 0.25) is 10.0 Å². The maximum absolute atomic E-state index is 13.5. The van der Waals surface area contributed by atoms with Gasteiger partial charge < -0.3 is 25.4 Å². The van der Waals surface area contributed by atoms with Gasteiger partial charge >= 0.3 is 0 Å². The molecule has 34 heavy (non-hydrogen) atoms. The molecular formula is C24H26Cl2FN3O4. The largest absolute Gasteiger partial charge is 0.485 e. The number of amides is 2. The molecule has 1 heterocycles. The highest BCUT2D eigenvalue weighted by molar-refractivity contribution is 6.31. The van der Waals surface area contributed by atoms with Gasteiger partial charge in [0.1, 0.15) is 23.4 Å². The summed E-state index contributed by atoms with van der Waals surface area (Å²) in [5, 5.41) is 9.81. The summed E-state index contributed by atoms with van der Waals surface area (Å²) in [5.74, 6) is -0.0188. The Labute approximate surface area is 207 Å². The first-order valence-corrected chi connectivity index (χ1v) is 12.0. The number of benzene rings is 2. The molecule has 0 spiro atoms. The molecular weight excluding hydrogens is 484 g/mol. The van der Waals surface area contributed by atoms with Crippen LogP contribution in [-0.2, 0) is 9.59 Å². The summed E-state index contributed by atoms with van der Waals surface area (Å²) in [4.78, 5) is 24.8. The molecule has 182 valence electrons. The van der Waals surface area contributed by atoms with Gasteiger partial charge in [-0.15, -0.1) is 0 Å². The van der Waals surface area contributed by atoms with Crippen molar-refractivity contribution in [1.82, 2.24) is 10.6 Å². The number of hydrogen-bond donors (Lipinski definition) is 3. The van der Waals surface area contributed by atoms with Crippen molar-refractivity contribution in [3.05, 3.63) is 52.3 Å². The van der Waals surface area contributed by atoms with Crippen LogP contribution in [0.3, 0.4) is 0 Å². The fourth-order valence-electron chi connectivity index (χ4n) is 4.15. The normalized spacial score (nSPS) is 21.4. The van der Waals surface area contributed by atoms with E-state index in [-0.39, 0.29) is 47.3 Å². The van der Waals surface area contributed by atoms with Crippen LogP contribution >= 0.6 is 23.2 Å². The van der Waals surface area contributed by atoms with Crippen molar-refractivity contribution >= 4 is 40.7 Å². The van der Waals surface area contributed by atoms with Crippen LogP contribution in [0.5, 0.6) is 11.5 Å². The molecule has 2 amide bonds. The van der Waals surface area contributed by atoms with Crippen molar-refractivity contribution in [1.29, 1.82) is 0 Å². The van der Waals surface area contributed by atoms with Gasteiger partial charge in [-0.2, -0.15) is 0 Å². The Kier molecular flexibility index (Phi) is 8.00. The molecule has 1 atom stereocenters. The predicted molar refractivity (Wildman–Crippen MR) is 128 cm³/mol. The molecule has 1 saturated carbocycles. The van der Waals surface area contributed by atoms with Crippen molar-refractivity contribution in [2.24, 2.45) is 5.92 Å². The molecule has 2 aromatic rings. The molecule has 1 aliphatic heterocycles. The average molecular weight is 510 g/mol. The minimum Gasteiger partial charge on any atom is -0.485 e. The van der Waals surface area contributed by atoms with E-state index in [4.69, 9.17) is 32.7 Å². The van der Waals surface area contributed by atoms with Gasteiger partial charge in [-0.3, -0.25) is 9.59 Å². The second-order valence-corrected chi connectivity index (χ2v) is 9.33. The molecule has 1 fully saturated rings. The lowest BCUT2D eigenvalue weighted by Gasteiger charge is -2.30. The number of halogens is 3. The summed E-state index contributed by atoms with van der Waals surface area (Å²) in [7, 11) is 0. The summed E-state index contributed by atoms with van der Waals surface area (Å²) in [6, 6.07) is 9.40. The van der Waals surface area contributed by atoms with Crippen molar-refractivity contribution in [3.8, 4) is 11.5 Å². The van der Waals surface area contributed by atoms with Gasteiger partial charge in [0.25, 0.3) is 5.91 Å². The van der Waals surface area contributed by atoms with Crippen LogP contribution in [0, 0.1) is 11.7 Å². The molecule has 2 aliphatic rings. The smallest absolute Gasteiger partial charge is 0.258 e. The lowest BCUT2D eigenvalue weighted by molar-refractivity contribution is -0.126. The molecule has 0 bridgehead atoms. The number of carbonyl (C=O) groups is 2. The number of anilines is 1. The second-order valence-electron chi connectivity index (χ2n) is 8.49. The number of fused-ring (bicyclic) bond motifs is 1. The third-order valence-corrected chi connectivity index (χ3v) is 6.53. The molecule has 1 unspecified atom stereocenters. The Morgan fingerprint density at radius 1 is 1.12 bits per heavy atom. The first kappa shape index (κ1) is 24.4. The quantitative estimate of drug-likeness (QED) is 0.521. The summed E-state index contributed by atoms with van der Waals surface area (Å²) in [6.45, 7) is 0.774. The van der Waals surface area contributed by atoms with E-state index < -0.39 is 5.82 Å². The van der Waals surface area contributed by atoms with Gasteiger partial charge in [0.2, 0.25) is 5.91 Å². The van der Waals surface area contributed by atoms with Gasteiger partial charge in [-0.1, -0.05) is 23.2 Å². The van der Waals surface area contributed by atoms with Crippen molar-refractivity contribution < 1.29 is 23.5 Å².